The maximum absolute atomic E-state index is 11.2. The first kappa shape index (κ1) is 25.3. The van der Waals surface area contributed by atoms with E-state index in [1.807, 2.05) is 0 Å². The maximum atomic E-state index is 11.2. The summed E-state index contributed by atoms with van der Waals surface area (Å²) in [4.78, 5) is 11.2. The minimum atomic E-state index is -1.72. The molecule has 192 valence electrons. The van der Waals surface area contributed by atoms with Gasteiger partial charge < -0.3 is 49.6 Å². The number of fused-ring (bicyclic) bond motifs is 1. The molecule has 12 nitrogen and oxygen atoms in total. The zero-order valence-corrected chi connectivity index (χ0v) is 19.2. The molecule has 6 N–H and O–H groups in total. The number of phenols is 3. The third-order valence-electron chi connectivity index (χ3n) is 5.62. The van der Waals surface area contributed by atoms with Crippen LogP contribution in [0.3, 0.4) is 0 Å². The van der Waals surface area contributed by atoms with Crippen molar-refractivity contribution in [3.63, 3.8) is 0 Å². The SMILES string of the molecule is COc1cc(-c2[o+]c3cc(O)cc(O)c3cc2O[C@@H]2OC(COC(C)=O)[C@@H](O)C(O)C2O)ccc1O. The van der Waals surface area contributed by atoms with Gasteiger partial charge in [-0.25, -0.2) is 4.42 Å². The van der Waals surface area contributed by atoms with Crippen LogP contribution < -0.4 is 9.47 Å². The lowest BCUT2D eigenvalue weighted by molar-refractivity contribution is -0.278. The molecule has 1 aliphatic rings. The van der Waals surface area contributed by atoms with E-state index in [0.29, 0.717) is 5.56 Å². The summed E-state index contributed by atoms with van der Waals surface area (Å²) in [6, 6.07) is 7.98. The number of benzene rings is 2. The number of carbonyl (C=O) groups excluding carboxylic acids is 1. The topological polar surface area (TPSA) is 187 Å². The van der Waals surface area contributed by atoms with Crippen LogP contribution in [0.25, 0.3) is 22.3 Å². The minimum absolute atomic E-state index is 0.0266. The van der Waals surface area contributed by atoms with Gasteiger partial charge in [0.25, 0.3) is 0 Å². The van der Waals surface area contributed by atoms with Gasteiger partial charge in [0.05, 0.1) is 18.7 Å². The van der Waals surface area contributed by atoms with Crippen LogP contribution in [0.15, 0.2) is 40.8 Å². The molecule has 2 aromatic carbocycles. The fraction of sp³-hybridized carbons (Fsp3) is 0.333. The number of hydrogen-bond acceptors (Lipinski definition) is 11. The molecule has 0 amide bonds. The molecule has 3 aromatic rings. The Hall–Kier alpha value is -3.84. The number of aliphatic hydroxyl groups is 3. The van der Waals surface area contributed by atoms with Crippen LogP contribution >= 0.6 is 0 Å². The first-order valence-corrected chi connectivity index (χ1v) is 10.8. The van der Waals surface area contributed by atoms with E-state index in [9.17, 15) is 35.4 Å². The van der Waals surface area contributed by atoms with Crippen LogP contribution in [0.5, 0.6) is 28.7 Å². The lowest BCUT2D eigenvalue weighted by atomic mass is 9.99. The number of aromatic hydroxyl groups is 3. The van der Waals surface area contributed by atoms with Crippen molar-refractivity contribution in [2.45, 2.75) is 37.6 Å². The van der Waals surface area contributed by atoms with E-state index >= 15 is 0 Å². The second-order valence-corrected chi connectivity index (χ2v) is 8.14. The number of aliphatic hydroxyl groups excluding tert-OH is 3. The Labute approximate surface area is 204 Å². The van der Waals surface area contributed by atoms with Gasteiger partial charge in [0, 0.05) is 25.1 Å². The molecule has 2 heterocycles. The normalized spacial score (nSPS) is 23.9. The zero-order valence-electron chi connectivity index (χ0n) is 19.2. The molecule has 1 aliphatic heterocycles. The summed E-state index contributed by atoms with van der Waals surface area (Å²) in [6.07, 6.45) is -7.79. The quantitative estimate of drug-likeness (QED) is 0.208. The summed E-state index contributed by atoms with van der Waals surface area (Å²) in [5, 5.41) is 61.4. The molecule has 12 heteroatoms. The molecular weight excluding hydrogens is 480 g/mol. The monoisotopic (exact) mass is 505 g/mol. The van der Waals surface area contributed by atoms with Gasteiger partial charge in [-0.15, -0.1) is 0 Å². The van der Waals surface area contributed by atoms with Crippen molar-refractivity contribution in [1.82, 2.24) is 0 Å². The number of esters is 1. The van der Waals surface area contributed by atoms with E-state index in [1.54, 1.807) is 0 Å². The summed E-state index contributed by atoms with van der Waals surface area (Å²) in [6.45, 7) is 0.748. The van der Waals surface area contributed by atoms with Crippen LogP contribution in [0.4, 0.5) is 0 Å². The van der Waals surface area contributed by atoms with Crippen molar-refractivity contribution in [2.24, 2.45) is 0 Å². The standard InChI is InChI=1S/C24H24O12/c1-10(25)33-9-19-20(29)21(30)22(31)24(36-19)35-18-8-13-15(28)6-12(26)7-16(13)34-23(18)11-3-4-14(27)17(5-11)32-2/h3-8,19-22,24,29-31H,9H2,1-2H3,(H2-,26,27,28)/p+1/t19?,20-,21?,22?,24-/m1/s1. The van der Waals surface area contributed by atoms with Crippen molar-refractivity contribution < 1.29 is 58.8 Å². The number of rotatable bonds is 6. The molecule has 4 rings (SSSR count). The lowest BCUT2D eigenvalue weighted by Gasteiger charge is -2.39. The fourth-order valence-corrected chi connectivity index (χ4v) is 3.77. The molecule has 0 radical (unpaired) electrons. The highest BCUT2D eigenvalue weighted by Gasteiger charge is 2.46. The minimum Gasteiger partial charge on any atom is -0.507 e. The van der Waals surface area contributed by atoms with E-state index in [-0.39, 0.29) is 45.5 Å². The lowest BCUT2D eigenvalue weighted by Crippen LogP contribution is -2.60. The molecular formula is C24H25O12+. The van der Waals surface area contributed by atoms with E-state index in [4.69, 9.17) is 23.4 Å². The number of phenolic OH excluding ortho intramolecular Hbond substituents is 3. The van der Waals surface area contributed by atoms with E-state index in [0.717, 1.165) is 13.0 Å². The van der Waals surface area contributed by atoms with Gasteiger partial charge in [-0.05, 0) is 12.1 Å². The Balaban J connectivity index is 1.79. The van der Waals surface area contributed by atoms with Gasteiger partial charge in [0.15, 0.2) is 11.5 Å². The molecule has 0 aliphatic carbocycles. The molecule has 1 saturated heterocycles. The summed E-state index contributed by atoms with van der Waals surface area (Å²) in [5.74, 6) is -1.31. The average Bonchev–Trinajstić information content (AvgIpc) is 2.83. The van der Waals surface area contributed by atoms with E-state index in [1.165, 1.54) is 37.4 Å². The number of hydrogen-bond donors (Lipinski definition) is 6. The molecule has 0 spiro atoms. The van der Waals surface area contributed by atoms with E-state index < -0.39 is 43.3 Å². The number of ether oxygens (including phenoxy) is 4. The second-order valence-electron chi connectivity index (χ2n) is 8.14. The Morgan fingerprint density at radius 2 is 1.72 bits per heavy atom. The van der Waals surface area contributed by atoms with Crippen LogP contribution in [0.2, 0.25) is 0 Å². The summed E-state index contributed by atoms with van der Waals surface area (Å²) >= 11 is 0. The number of methoxy groups -OCH3 is 1. The van der Waals surface area contributed by atoms with E-state index in [2.05, 4.69) is 0 Å². The van der Waals surface area contributed by atoms with Gasteiger partial charge in [-0.2, -0.15) is 0 Å². The maximum Gasteiger partial charge on any atom is 0.402 e. The summed E-state index contributed by atoms with van der Waals surface area (Å²) in [7, 11) is 1.35. The Morgan fingerprint density at radius 3 is 2.42 bits per heavy atom. The van der Waals surface area contributed by atoms with Crippen molar-refractivity contribution >= 4 is 16.9 Å². The molecule has 3 unspecified atom stereocenters. The third-order valence-corrected chi connectivity index (χ3v) is 5.62. The zero-order chi connectivity index (χ0) is 26.1. The van der Waals surface area contributed by atoms with Crippen LogP contribution in [-0.2, 0) is 14.3 Å². The predicted molar refractivity (Wildman–Crippen MR) is 122 cm³/mol. The van der Waals surface area contributed by atoms with Crippen molar-refractivity contribution in [2.75, 3.05) is 13.7 Å². The predicted octanol–water partition coefficient (Wildman–Crippen LogP) is 1.26. The molecule has 0 bridgehead atoms. The summed E-state index contributed by atoms with van der Waals surface area (Å²) < 4.78 is 27.4. The van der Waals surface area contributed by atoms with Gasteiger partial charge >= 0.3 is 17.3 Å². The average molecular weight is 505 g/mol. The van der Waals surface area contributed by atoms with Gasteiger partial charge in [0.2, 0.25) is 12.0 Å². The first-order chi connectivity index (χ1) is 17.1. The third kappa shape index (κ3) is 4.93. The van der Waals surface area contributed by atoms with Crippen LogP contribution in [-0.4, -0.2) is 81.0 Å². The smallest absolute Gasteiger partial charge is 0.402 e. The van der Waals surface area contributed by atoms with Gasteiger partial charge in [0.1, 0.15) is 47.9 Å². The van der Waals surface area contributed by atoms with Crippen molar-refractivity contribution in [1.29, 1.82) is 0 Å². The second kappa shape index (κ2) is 10.0. The van der Waals surface area contributed by atoms with Crippen LogP contribution in [0.1, 0.15) is 6.92 Å². The largest absolute Gasteiger partial charge is 0.507 e. The van der Waals surface area contributed by atoms with Crippen LogP contribution in [0, 0.1) is 0 Å². The number of carbonyl (C=O) groups is 1. The highest BCUT2D eigenvalue weighted by atomic mass is 16.7. The molecule has 0 saturated carbocycles. The molecule has 36 heavy (non-hydrogen) atoms. The summed E-state index contributed by atoms with van der Waals surface area (Å²) in [5.41, 5.74) is 0.418. The first-order valence-electron chi connectivity index (χ1n) is 10.8. The molecule has 5 atom stereocenters. The van der Waals surface area contributed by atoms with Gasteiger partial charge in [-0.3, -0.25) is 4.79 Å². The highest BCUT2D eigenvalue weighted by molar-refractivity contribution is 5.88. The van der Waals surface area contributed by atoms with Crippen molar-refractivity contribution in [3.05, 3.63) is 36.4 Å². The highest BCUT2D eigenvalue weighted by Crippen LogP contribution is 2.42. The fourth-order valence-electron chi connectivity index (χ4n) is 3.77. The Morgan fingerprint density at radius 1 is 0.972 bits per heavy atom. The Bertz CT molecular complexity index is 1280. The Kier molecular flexibility index (Phi) is 7.04. The van der Waals surface area contributed by atoms with Crippen molar-refractivity contribution in [3.8, 4) is 40.1 Å². The molecule has 1 fully saturated rings. The molecule has 1 aromatic heterocycles. The van der Waals surface area contributed by atoms with Gasteiger partial charge in [-0.1, -0.05) is 0 Å².